The second kappa shape index (κ2) is 27.5. The summed E-state index contributed by atoms with van der Waals surface area (Å²) in [5, 5.41) is 49.5. The summed E-state index contributed by atoms with van der Waals surface area (Å²) in [5.41, 5.74) is 2.52. The number of nitrogens with zero attached hydrogens (tertiary/aromatic N) is 3. The van der Waals surface area contributed by atoms with Crippen LogP contribution in [0, 0.1) is 0 Å². The van der Waals surface area contributed by atoms with Gasteiger partial charge in [0, 0.05) is 55.9 Å². The van der Waals surface area contributed by atoms with Crippen molar-refractivity contribution >= 4 is 18.3 Å². The standard InChI is InChI=1S/C42H81N9O6/c1-40(2,3)49(37(52)53)25-13-22-43-16-10-19-46-31-34-28-35(32-47-20-11-17-44-23-14-26-50(38(54)55)41(4,5)6)30-36(29-34)33-48-21-12-18-45-24-15-27-51(39(56)57)42(7,8)9/h28-30,43-48H,10-27,31-33H2,1-9H3,(H,52,53)(H,54,55)(H,56,57). The van der Waals surface area contributed by atoms with Gasteiger partial charge >= 0.3 is 18.3 Å². The Morgan fingerprint density at radius 1 is 0.404 bits per heavy atom. The van der Waals surface area contributed by atoms with Gasteiger partial charge in [-0.15, -0.1) is 0 Å². The van der Waals surface area contributed by atoms with Gasteiger partial charge in [-0.25, -0.2) is 14.4 Å². The highest BCUT2D eigenvalue weighted by Crippen LogP contribution is 2.16. The van der Waals surface area contributed by atoms with Gasteiger partial charge in [0.15, 0.2) is 0 Å². The summed E-state index contributed by atoms with van der Waals surface area (Å²) in [6.07, 6.45) is 2.62. The molecule has 1 aromatic rings. The van der Waals surface area contributed by atoms with Crippen LogP contribution in [0.4, 0.5) is 14.4 Å². The molecule has 0 spiro atoms. The lowest BCUT2D eigenvalue weighted by molar-refractivity contribution is 0.0983. The molecule has 0 fully saturated rings. The first-order valence-corrected chi connectivity index (χ1v) is 21.1. The maximum absolute atomic E-state index is 11.5. The summed E-state index contributed by atoms with van der Waals surface area (Å²) in [6.45, 7) is 28.7. The maximum Gasteiger partial charge on any atom is 0.407 e. The predicted octanol–water partition coefficient (Wildman–Crippen LogP) is 5.40. The molecule has 0 aliphatic heterocycles. The maximum atomic E-state index is 11.5. The van der Waals surface area contributed by atoms with Crippen molar-refractivity contribution in [1.29, 1.82) is 0 Å². The van der Waals surface area contributed by atoms with Gasteiger partial charge in [0.25, 0.3) is 0 Å². The molecule has 9 N–H and O–H groups in total. The van der Waals surface area contributed by atoms with Gasteiger partial charge in [-0.1, -0.05) is 18.2 Å². The minimum absolute atomic E-state index is 0.404. The third kappa shape index (κ3) is 24.3. The molecule has 0 atom stereocenters. The number of carboxylic acid groups (broad SMARTS) is 3. The molecule has 15 nitrogen and oxygen atoms in total. The molecule has 0 aromatic heterocycles. The highest BCUT2D eigenvalue weighted by Gasteiger charge is 2.27. The Kier molecular flexibility index (Phi) is 25.0. The van der Waals surface area contributed by atoms with Crippen molar-refractivity contribution in [3.05, 3.63) is 34.9 Å². The van der Waals surface area contributed by atoms with Crippen molar-refractivity contribution in [2.75, 3.05) is 78.5 Å². The summed E-state index contributed by atoms with van der Waals surface area (Å²) in [5.74, 6) is 0. The minimum Gasteiger partial charge on any atom is -0.465 e. The Hall–Kier alpha value is -3.21. The number of amides is 3. The third-order valence-electron chi connectivity index (χ3n) is 9.55. The van der Waals surface area contributed by atoms with E-state index in [1.54, 1.807) is 0 Å². The van der Waals surface area contributed by atoms with Crippen LogP contribution >= 0.6 is 0 Å². The fourth-order valence-corrected chi connectivity index (χ4v) is 6.47. The zero-order valence-electron chi connectivity index (χ0n) is 37.0. The molecule has 0 saturated heterocycles. The highest BCUT2D eigenvalue weighted by molar-refractivity contribution is 5.66. The van der Waals surface area contributed by atoms with Gasteiger partial charge in [-0.3, -0.25) is 0 Å². The molecule has 0 heterocycles. The number of carbonyl (C=O) groups is 3. The average Bonchev–Trinajstić information content (AvgIpc) is 3.08. The summed E-state index contributed by atoms with van der Waals surface area (Å²) in [7, 11) is 0. The number of rotatable bonds is 30. The lowest BCUT2D eigenvalue weighted by Crippen LogP contribution is -2.46. The summed E-state index contributed by atoms with van der Waals surface area (Å²) in [6, 6.07) is 6.80. The van der Waals surface area contributed by atoms with E-state index in [1.165, 1.54) is 31.4 Å². The van der Waals surface area contributed by atoms with Crippen molar-refractivity contribution in [3.63, 3.8) is 0 Å². The molecule has 0 saturated carbocycles. The number of nitrogens with one attached hydrogen (secondary N) is 6. The zero-order chi connectivity index (χ0) is 42.9. The Labute approximate surface area is 344 Å². The zero-order valence-corrected chi connectivity index (χ0v) is 37.0. The Bertz CT molecular complexity index is 1120. The fourth-order valence-electron chi connectivity index (χ4n) is 6.47. The van der Waals surface area contributed by atoms with Crippen LogP contribution in [-0.2, 0) is 19.6 Å². The summed E-state index contributed by atoms with van der Waals surface area (Å²) >= 11 is 0. The molecule has 57 heavy (non-hydrogen) atoms. The van der Waals surface area contributed by atoms with Gasteiger partial charge in [-0.05, 0) is 176 Å². The van der Waals surface area contributed by atoms with Crippen LogP contribution in [0.3, 0.4) is 0 Å². The second-order valence-corrected chi connectivity index (χ2v) is 17.9. The Morgan fingerprint density at radius 3 is 0.825 bits per heavy atom. The van der Waals surface area contributed by atoms with Crippen LogP contribution < -0.4 is 31.9 Å². The van der Waals surface area contributed by atoms with E-state index in [2.05, 4.69) is 50.1 Å². The lowest BCUT2D eigenvalue weighted by atomic mass is 10.0. The molecule has 330 valence electrons. The average molecular weight is 808 g/mol. The first kappa shape index (κ1) is 51.8. The molecule has 0 bridgehead atoms. The van der Waals surface area contributed by atoms with Crippen molar-refractivity contribution in [1.82, 2.24) is 46.6 Å². The minimum atomic E-state index is -0.877. The topological polar surface area (TPSA) is 194 Å². The highest BCUT2D eigenvalue weighted by atomic mass is 16.4. The van der Waals surface area contributed by atoms with E-state index in [9.17, 15) is 29.7 Å². The van der Waals surface area contributed by atoms with E-state index in [4.69, 9.17) is 0 Å². The van der Waals surface area contributed by atoms with Crippen LogP contribution in [0.2, 0.25) is 0 Å². The smallest absolute Gasteiger partial charge is 0.407 e. The molecule has 0 aliphatic carbocycles. The van der Waals surface area contributed by atoms with Crippen molar-refractivity contribution in [2.24, 2.45) is 0 Å². The van der Waals surface area contributed by atoms with Crippen LogP contribution in [0.25, 0.3) is 0 Å². The lowest BCUT2D eigenvalue weighted by Gasteiger charge is -2.33. The van der Waals surface area contributed by atoms with E-state index >= 15 is 0 Å². The monoisotopic (exact) mass is 808 g/mol. The molecular weight excluding hydrogens is 727 g/mol. The summed E-state index contributed by atoms with van der Waals surface area (Å²) < 4.78 is 0. The van der Waals surface area contributed by atoms with E-state index in [1.807, 2.05) is 62.3 Å². The van der Waals surface area contributed by atoms with E-state index in [-0.39, 0.29) is 0 Å². The van der Waals surface area contributed by atoms with Crippen LogP contribution in [-0.4, -0.2) is 143 Å². The summed E-state index contributed by atoms with van der Waals surface area (Å²) in [4.78, 5) is 39.1. The predicted molar refractivity (Wildman–Crippen MR) is 231 cm³/mol. The van der Waals surface area contributed by atoms with E-state index in [0.29, 0.717) is 19.6 Å². The van der Waals surface area contributed by atoms with Crippen LogP contribution in [0.1, 0.15) is 118 Å². The van der Waals surface area contributed by atoms with Crippen molar-refractivity contribution in [3.8, 4) is 0 Å². The molecule has 0 aliphatic rings. The van der Waals surface area contributed by atoms with Gasteiger partial charge in [0.1, 0.15) is 0 Å². The Morgan fingerprint density at radius 2 is 0.614 bits per heavy atom. The molecule has 1 rings (SSSR count). The fraction of sp³-hybridized carbons (Fsp3) is 0.786. The van der Waals surface area contributed by atoms with Gasteiger partial charge in [-0.2, -0.15) is 0 Å². The first-order valence-electron chi connectivity index (χ1n) is 21.1. The molecule has 3 amide bonds. The van der Waals surface area contributed by atoms with E-state index < -0.39 is 34.9 Å². The quantitative estimate of drug-likeness (QED) is 0.0451. The van der Waals surface area contributed by atoms with Crippen LogP contribution in [0.5, 0.6) is 0 Å². The third-order valence-corrected chi connectivity index (χ3v) is 9.55. The first-order chi connectivity index (χ1) is 26.7. The van der Waals surface area contributed by atoms with Crippen molar-refractivity contribution < 1.29 is 29.7 Å². The van der Waals surface area contributed by atoms with Gasteiger partial charge in [0.05, 0.1) is 0 Å². The molecule has 1 aromatic carbocycles. The SMILES string of the molecule is CC(C)(C)N(CCCNCCCNCc1cc(CNCCCNCCCN(C(=O)O)C(C)(C)C)cc(CNCCCNCCCN(C(=O)O)C(C)(C)C)c1)C(=O)O. The second-order valence-electron chi connectivity index (χ2n) is 17.9. The number of benzene rings is 1. The molecule has 15 heteroatoms. The molecule has 0 unspecified atom stereocenters. The largest absolute Gasteiger partial charge is 0.465 e. The van der Waals surface area contributed by atoms with Crippen LogP contribution in [0.15, 0.2) is 18.2 Å². The normalized spacial score (nSPS) is 12.2. The number of hydrogen-bond donors (Lipinski definition) is 9. The Balaban J connectivity index is 2.53. The molecule has 0 radical (unpaired) electrons. The van der Waals surface area contributed by atoms with Gasteiger partial charge in [0.2, 0.25) is 0 Å². The van der Waals surface area contributed by atoms with Crippen molar-refractivity contribution in [2.45, 2.75) is 137 Å². The van der Waals surface area contributed by atoms with E-state index in [0.717, 1.165) is 117 Å². The molecular formula is C42H81N9O6. The number of hydrogen-bond acceptors (Lipinski definition) is 9. The van der Waals surface area contributed by atoms with Gasteiger partial charge < -0.3 is 61.9 Å².